The van der Waals surface area contributed by atoms with E-state index in [1.807, 2.05) is 0 Å². The van der Waals surface area contributed by atoms with E-state index in [4.69, 9.17) is 5.73 Å². The lowest BCUT2D eigenvalue weighted by Crippen LogP contribution is -2.18. The van der Waals surface area contributed by atoms with Crippen molar-refractivity contribution in [1.82, 2.24) is 14.6 Å². The average molecular weight is 230 g/mol. The molecule has 4 heteroatoms. The fourth-order valence-electron chi connectivity index (χ4n) is 2.18. The highest BCUT2D eigenvalue weighted by molar-refractivity contribution is 5.45. The Hall–Kier alpha value is -1.42. The van der Waals surface area contributed by atoms with Gasteiger partial charge in [0.25, 0.3) is 0 Å². The van der Waals surface area contributed by atoms with Crippen LogP contribution in [0.5, 0.6) is 0 Å². The molecule has 1 saturated carbocycles. The Balaban J connectivity index is 2.02. The van der Waals surface area contributed by atoms with Crippen molar-refractivity contribution >= 4 is 5.65 Å². The van der Waals surface area contributed by atoms with Gasteiger partial charge in [-0.05, 0) is 36.5 Å². The lowest BCUT2D eigenvalue weighted by Gasteiger charge is -2.09. The SMILES string of the molecule is CC(C)Cc1nnc2cc(C3(N)CC3)ccn12. The molecule has 0 aliphatic heterocycles. The van der Waals surface area contributed by atoms with Crippen LogP contribution in [0.25, 0.3) is 5.65 Å². The standard InChI is InChI=1S/C13H18N4/c1-9(2)7-11-15-16-12-8-10(3-6-17(11)12)13(14)4-5-13/h3,6,8-9H,4-5,7,14H2,1-2H3. The van der Waals surface area contributed by atoms with E-state index in [9.17, 15) is 0 Å². The van der Waals surface area contributed by atoms with Crippen LogP contribution < -0.4 is 5.73 Å². The molecule has 0 bridgehead atoms. The molecule has 2 aromatic rings. The molecular weight excluding hydrogens is 212 g/mol. The third-order valence-electron chi connectivity index (χ3n) is 3.43. The van der Waals surface area contributed by atoms with Crippen LogP contribution in [0.4, 0.5) is 0 Å². The molecule has 0 saturated heterocycles. The van der Waals surface area contributed by atoms with Crippen molar-refractivity contribution in [1.29, 1.82) is 0 Å². The van der Waals surface area contributed by atoms with Crippen molar-refractivity contribution in [3.05, 3.63) is 29.7 Å². The van der Waals surface area contributed by atoms with Crippen LogP contribution in [0.1, 0.15) is 38.1 Å². The third-order valence-corrected chi connectivity index (χ3v) is 3.43. The molecule has 2 N–H and O–H groups in total. The molecule has 3 rings (SSSR count). The van der Waals surface area contributed by atoms with E-state index in [1.165, 1.54) is 5.56 Å². The van der Waals surface area contributed by atoms with Gasteiger partial charge < -0.3 is 5.73 Å². The fraction of sp³-hybridized carbons (Fsp3) is 0.538. The van der Waals surface area contributed by atoms with E-state index >= 15 is 0 Å². The molecule has 4 nitrogen and oxygen atoms in total. The van der Waals surface area contributed by atoms with Crippen molar-refractivity contribution in [2.24, 2.45) is 11.7 Å². The zero-order valence-corrected chi connectivity index (χ0v) is 10.3. The molecule has 1 fully saturated rings. The summed E-state index contributed by atoms with van der Waals surface area (Å²) in [5.74, 6) is 1.62. The first-order valence-electron chi connectivity index (χ1n) is 6.21. The highest BCUT2D eigenvalue weighted by Crippen LogP contribution is 2.42. The van der Waals surface area contributed by atoms with Gasteiger partial charge in [-0.2, -0.15) is 0 Å². The molecule has 2 heterocycles. The number of pyridine rings is 1. The largest absolute Gasteiger partial charge is 0.321 e. The maximum absolute atomic E-state index is 6.19. The van der Waals surface area contributed by atoms with Crippen LogP contribution in [-0.4, -0.2) is 14.6 Å². The number of rotatable bonds is 3. The van der Waals surface area contributed by atoms with Crippen molar-refractivity contribution in [2.75, 3.05) is 0 Å². The summed E-state index contributed by atoms with van der Waals surface area (Å²) in [7, 11) is 0. The Bertz CT molecular complexity index is 552. The van der Waals surface area contributed by atoms with Gasteiger partial charge in [0.1, 0.15) is 5.82 Å². The van der Waals surface area contributed by atoms with Gasteiger partial charge in [-0.15, -0.1) is 10.2 Å². The lowest BCUT2D eigenvalue weighted by atomic mass is 10.1. The third kappa shape index (κ3) is 1.82. The minimum absolute atomic E-state index is 0.0914. The monoisotopic (exact) mass is 230 g/mol. The van der Waals surface area contributed by atoms with Crippen LogP contribution in [0.2, 0.25) is 0 Å². The van der Waals surface area contributed by atoms with Crippen molar-refractivity contribution in [2.45, 2.75) is 38.6 Å². The first kappa shape index (κ1) is 10.7. The summed E-state index contributed by atoms with van der Waals surface area (Å²) in [6, 6.07) is 4.18. The van der Waals surface area contributed by atoms with Crippen molar-refractivity contribution in [3.63, 3.8) is 0 Å². The predicted molar refractivity (Wildman–Crippen MR) is 66.6 cm³/mol. The average Bonchev–Trinajstić information content (AvgIpc) is 2.91. The summed E-state index contributed by atoms with van der Waals surface area (Å²) in [6.07, 6.45) is 5.16. The Labute approximate surface area is 101 Å². The Morgan fingerprint density at radius 3 is 2.82 bits per heavy atom. The molecule has 0 spiro atoms. The van der Waals surface area contributed by atoms with Crippen LogP contribution in [0.3, 0.4) is 0 Å². The van der Waals surface area contributed by atoms with E-state index < -0.39 is 0 Å². The zero-order chi connectivity index (χ0) is 12.0. The van der Waals surface area contributed by atoms with E-state index in [0.29, 0.717) is 5.92 Å². The van der Waals surface area contributed by atoms with E-state index in [0.717, 1.165) is 30.7 Å². The summed E-state index contributed by atoms with van der Waals surface area (Å²) in [5.41, 5.74) is 8.20. The number of hydrogen-bond acceptors (Lipinski definition) is 3. The molecule has 2 aromatic heterocycles. The second-order valence-corrected chi connectivity index (χ2v) is 5.51. The summed E-state index contributed by atoms with van der Waals surface area (Å²) < 4.78 is 2.06. The maximum Gasteiger partial charge on any atom is 0.161 e. The summed E-state index contributed by atoms with van der Waals surface area (Å²) >= 11 is 0. The normalized spacial score (nSPS) is 17.9. The number of fused-ring (bicyclic) bond motifs is 1. The number of aromatic nitrogens is 3. The highest BCUT2D eigenvalue weighted by atomic mass is 15.2. The molecule has 0 unspecified atom stereocenters. The summed E-state index contributed by atoms with van der Waals surface area (Å²) in [6.45, 7) is 4.38. The Morgan fingerprint density at radius 2 is 2.18 bits per heavy atom. The molecule has 0 amide bonds. The van der Waals surface area contributed by atoms with E-state index in [1.54, 1.807) is 0 Å². The Morgan fingerprint density at radius 1 is 1.41 bits per heavy atom. The molecule has 0 atom stereocenters. The topological polar surface area (TPSA) is 56.2 Å². The number of nitrogens with zero attached hydrogens (tertiary/aromatic N) is 3. The smallest absolute Gasteiger partial charge is 0.161 e. The van der Waals surface area contributed by atoms with Gasteiger partial charge in [-0.1, -0.05) is 13.8 Å². The van der Waals surface area contributed by atoms with Crippen molar-refractivity contribution in [3.8, 4) is 0 Å². The first-order chi connectivity index (χ1) is 8.08. The van der Waals surface area contributed by atoms with Gasteiger partial charge in [0.2, 0.25) is 0 Å². The molecule has 17 heavy (non-hydrogen) atoms. The predicted octanol–water partition coefficient (Wildman–Crippen LogP) is 1.88. The van der Waals surface area contributed by atoms with Gasteiger partial charge in [-0.25, -0.2) is 0 Å². The number of hydrogen-bond donors (Lipinski definition) is 1. The quantitative estimate of drug-likeness (QED) is 0.875. The summed E-state index contributed by atoms with van der Waals surface area (Å²) in [5, 5.41) is 8.48. The fourth-order valence-corrected chi connectivity index (χ4v) is 2.18. The molecule has 0 aromatic carbocycles. The maximum atomic E-state index is 6.19. The van der Waals surface area contributed by atoms with Crippen LogP contribution in [-0.2, 0) is 12.0 Å². The van der Waals surface area contributed by atoms with E-state index in [-0.39, 0.29) is 5.54 Å². The van der Waals surface area contributed by atoms with Gasteiger partial charge >= 0.3 is 0 Å². The summed E-state index contributed by atoms with van der Waals surface area (Å²) in [4.78, 5) is 0. The van der Waals surface area contributed by atoms with Gasteiger partial charge in [0.15, 0.2) is 5.65 Å². The minimum atomic E-state index is -0.0914. The first-order valence-corrected chi connectivity index (χ1v) is 6.21. The van der Waals surface area contributed by atoms with Crippen LogP contribution in [0, 0.1) is 5.92 Å². The molecule has 0 radical (unpaired) electrons. The van der Waals surface area contributed by atoms with Gasteiger partial charge in [0.05, 0.1) is 0 Å². The molecule has 1 aliphatic carbocycles. The van der Waals surface area contributed by atoms with Crippen LogP contribution in [0.15, 0.2) is 18.3 Å². The van der Waals surface area contributed by atoms with Gasteiger partial charge in [0, 0.05) is 18.2 Å². The van der Waals surface area contributed by atoms with Crippen molar-refractivity contribution < 1.29 is 0 Å². The lowest BCUT2D eigenvalue weighted by molar-refractivity contribution is 0.615. The minimum Gasteiger partial charge on any atom is -0.321 e. The van der Waals surface area contributed by atoms with E-state index in [2.05, 4.69) is 46.8 Å². The second kappa shape index (κ2) is 3.53. The molecule has 1 aliphatic rings. The molecular formula is C13H18N4. The zero-order valence-electron chi connectivity index (χ0n) is 10.3. The molecule has 90 valence electrons. The van der Waals surface area contributed by atoms with Gasteiger partial charge in [-0.3, -0.25) is 4.40 Å². The highest BCUT2D eigenvalue weighted by Gasteiger charge is 2.40. The Kier molecular flexibility index (Phi) is 2.23. The second-order valence-electron chi connectivity index (χ2n) is 5.51. The van der Waals surface area contributed by atoms with Crippen LogP contribution >= 0.6 is 0 Å². The number of nitrogens with two attached hydrogens (primary N) is 1.